The van der Waals surface area contributed by atoms with Crippen LogP contribution in [0.15, 0.2) is 39.9 Å². The number of aryl methyl sites for hydroxylation is 2. The first-order valence-corrected chi connectivity index (χ1v) is 8.17. The van der Waals surface area contributed by atoms with E-state index in [0.29, 0.717) is 27.2 Å². The zero-order valence-corrected chi connectivity index (χ0v) is 14.7. The third-order valence-electron chi connectivity index (χ3n) is 4.03. The number of pyridine rings is 1. The number of nitrogens with zero attached hydrogens (tertiary/aromatic N) is 4. The molecule has 4 rings (SSSR count). The third kappa shape index (κ3) is 2.74. The summed E-state index contributed by atoms with van der Waals surface area (Å²) in [4.78, 5) is 33.2. The predicted molar refractivity (Wildman–Crippen MR) is 97.4 cm³/mol. The number of halogens is 1. The van der Waals surface area contributed by atoms with Crippen molar-refractivity contribution >= 4 is 45.7 Å². The van der Waals surface area contributed by atoms with E-state index in [0.717, 1.165) is 5.56 Å². The van der Waals surface area contributed by atoms with Gasteiger partial charge in [-0.25, -0.2) is 4.98 Å². The van der Waals surface area contributed by atoms with Crippen LogP contribution in [0.5, 0.6) is 0 Å². The van der Waals surface area contributed by atoms with Crippen LogP contribution in [0.25, 0.3) is 22.1 Å². The summed E-state index contributed by atoms with van der Waals surface area (Å²) in [7, 11) is 1.66. The van der Waals surface area contributed by atoms with E-state index in [9.17, 15) is 9.59 Å². The zero-order chi connectivity index (χ0) is 18.4. The number of carbonyl (C=O) groups is 1. The summed E-state index contributed by atoms with van der Waals surface area (Å²) >= 11 is 5.91. The van der Waals surface area contributed by atoms with Crippen molar-refractivity contribution in [1.82, 2.24) is 19.1 Å². The minimum Gasteiger partial charge on any atom is -0.423 e. The van der Waals surface area contributed by atoms with Crippen molar-refractivity contribution in [3.63, 3.8) is 0 Å². The Labute approximate surface area is 152 Å². The van der Waals surface area contributed by atoms with Crippen LogP contribution in [0.4, 0.5) is 6.01 Å². The van der Waals surface area contributed by atoms with E-state index in [1.165, 1.54) is 15.5 Å². The monoisotopic (exact) mass is 371 g/mol. The first-order chi connectivity index (χ1) is 12.4. The van der Waals surface area contributed by atoms with Crippen molar-refractivity contribution in [2.24, 2.45) is 7.05 Å². The molecule has 0 bridgehead atoms. The van der Waals surface area contributed by atoms with Crippen molar-refractivity contribution in [2.75, 3.05) is 5.32 Å². The van der Waals surface area contributed by atoms with Gasteiger partial charge in [0.15, 0.2) is 5.58 Å². The Bertz CT molecular complexity index is 1220. The molecule has 0 saturated heterocycles. The molecule has 0 aliphatic rings. The molecule has 0 unspecified atom stereocenters. The normalized spacial score (nSPS) is 11.3. The Hall–Kier alpha value is -3.13. The van der Waals surface area contributed by atoms with Crippen LogP contribution in [0, 0.1) is 6.92 Å². The van der Waals surface area contributed by atoms with Gasteiger partial charge in [-0.3, -0.25) is 14.9 Å². The lowest BCUT2D eigenvalue weighted by Gasteiger charge is -2.05. The molecule has 132 valence electrons. The van der Waals surface area contributed by atoms with E-state index in [1.807, 2.05) is 6.92 Å². The molecule has 0 atom stereocenters. The maximum Gasteiger partial charge on any atom is 0.302 e. The highest BCUT2D eigenvalue weighted by Gasteiger charge is 2.15. The van der Waals surface area contributed by atoms with Crippen LogP contribution in [0.2, 0.25) is 5.02 Å². The molecular weight excluding hydrogens is 358 g/mol. The second-order valence-corrected chi connectivity index (χ2v) is 6.41. The molecule has 1 aromatic carbocycles. The number of imidazole rings is 1. The molecule has 1 N–H and O–H groups in total. The van der Waals surface area contributed by atoms with E-state index in [1.54, 1.807) is 31.4 Å². The van der Waals surface area contributed by atoms with Crippen LogP contribution in [0.3, 0.4) is 0 Å². The second-order valence-electron chi connectivity index (χ2n) is 5.98. The van der Waals surface area contributed by atoms with E-state index in [2.05, 4.69) is 15.3 Å². The van der Waals surface area contributed by atoms with E-state index >= 15 is 0 Å². The molecule has 0 aliphatic heterocycles. The van der Waals surface area contributed by atoms with Crippen LogP contribution in [0.1, 0.15) is 5.56 Å². The smallest absolute Gasteiger partial charge is 0.302 e. The fourth-order valence-corrected chi connectivity index (χ4v) is 3.02. The van der Waals surface area contributed by atoms with Crippen molar-refractivity contribution in [1.29, 1.82) is 0 Å². The molecule has 3 heterocycles. The molecule has 4 aromatic rings. The number of aromatic nitrogens is 4. The van der Waals surface area contributed by atoms with Gasteiger partial charge in [-0.05, 0) is 24.6 Å². The topological polar surface area (TPSA) is 95.0 Å². The summed E-state index contributed by atoms with van der Waals surface area (Å²) in [6.07, 6.45) is 3.19. The molecule has 0 fully saturated rings. The summed E-state index contributed by atoms with van der Waals surface area (Å²) in [6, 6.07) is 5.08. The van der Waals surface area contributed by atoms with Crippen molar-refractivity contribution in [3.8, 4) is 0 Å². The van der Waals surface area contributed by atoms with Gasteiger partial charge in [0.25, 0.3) is 5.56 Å². The number of anilines is 1. The molecule has 8 nitrogen and oxygen atoms in total. The first-order valence-electron chi connectivity index (χ1n) is 7.79. The summed E-state index contributed by atoms with van der Waals surface area (Å²) in [5.41, 5.74) is 2.67. The van der Waals surface area contributed by atoms with Crippen molar-refractivity contribution in [3.05, 3.63) is 51.7 Å². The highest BCUT2D eigenvalue weighted by molar-refractivity contribution is 6.31. The van der Waals surface area contributed by atoms with Crippen LogP contribution in [-0.4, -0.2) is 25.0 Å². The lowest BCUT2D eigenvalue weighted by molar-refractivity contribution is -0.116. The minimum atomic E-state index is -0.384. The van der Waals surface area contributed by atoms with Gasteiger partial charge in [0, 0.05) is 24.3 Å². The number of hydrogen-bond donors (Lipinski definition) is 1. The number of nitrogens with one attached hydrogen (secondary N) is 1. The molecule has 0 aliphatic carbocycles. The molecule has 26 heavy (non-hydrogen) atoms. The maximum absolute atomic E-state index is 12.4. The molecule has 3 aromatic heterocycles. The predicted octanol–water partition coefficient (Wildman–Crippen LogP) is 2.48. The Morgan fingerprint density at radius 1 is 1.38 bits per heavy atom. The van der Waals surface area contributed by atoms with E-state index in [-0.39, 0.29) is 24.0 Å². The van der Waals surface area contributed by atoms with Gasteiger partial charge in [0.1, 0.15) is 17.6 Å². The molecule has 1 amide bonds. The summed E-state index contributed by atoms with van der Waals surface area (Å²) in [6.45, 7) is 1.78. The summed E-state index contributed by atoms with van der Waals surface area (Å²) in [5, 5.41) is 3.10. The lowest BCUT2D eigenvalue weighted by Crippen LogP contribution is -2.23. The number of hydrogen-bond acceptors (Lipinski definition) is 5. The highest BCUT2D eigenvalue weighted by atomic mass is 35.5. The molecule has 0 saturated carbocycles. The summed E-state index contributed by atoms with van der Waals surface area (Å²) < 4.78 is 8.45. The van der Waals surface area contributed by atoms with Crippen molar-refractivity contribution < 1.29 is 9.21 Å². The average Bonchev–Trinajstić information content (AvgIpc) is 3.16. The molecular formula is C17H14ClN5O3. The quantitative estimate of drug-likeness (QED) is 0.597. The van der Waals surface area contributed by atoms with Gasteiger partial charge in [0.05, 0.1) is 11.8 Å². The van der Waals surface area contributed by atoms with Gasteiger partial charge in [-0.15, -0.1) is 0 Å². The number of amides is 1. The fraction of sp³-hybridized carbons (Fsp3) is 0.176. The van der Waals surface area contributed by atoms with E-state index in [4.69, 9.17) is 16.0 Å². The standard InChI is InChI=1S/C17H14ClN5O3/c1-9-6-22(2)16(25)15-14(9)19-8-23(15)7-13(24)21-17-20-11-4-3-10(18)5-12(11)26-17/h3-6,8H,7H2,1-2H3,(H,20,21,24). The lowest BCUT2D eigenvalue weighted by atomic mass is 10.2. The number of fused-ring (bicyclic) bond motifs is 2. The Morgan fingerprint density at radius 3 is 3.00 bits per heavy atom. The van der Waals surface area contributed by atoms with Crippen LogP contribution < -0.4 is 10.9 Å². The molecule has 0 spiro atoms. The number of rotatable bonds is 3. The molecule has 9 heteroatoms. The third-order valence-corrected chi connectivity index (χ3v) is 4.27. The zero-order valence-electron chi connectivity index (χ0n) is 14.0. The fourth-order valence-electron chi connectivity index (χ4n) is 2.86. The minimum absolute atomic E-state index is 0.0702. The van der Waals surface area contributed by atoms with Crippen molar-refractivity contribution in [2.45, 2.75) is 13.5 Å². The average molecular weight is 372 g/mol. The number of benzene rings is 1. The van der Waals surface area contributed by atoms with Crippen LogP contribution in [-0.2, 0) is 18.4 Å². The molecule has 0 radical (unpaired) electrons. The second kappa shape index (κ2) is 5.99. The maximum atomic E-state index is 12.4. The Morgan fingerprint density at radius 2 is 2.19 bits per heavy atom. The van der Waals surface area contributed by atoms with E-state index < -0.39 is 0 Å². The Kier molecular flexibility index (Phi) is 3.77. The van der Waals surface area contributed by atoms with Gasteiger partial charge >= 0.3 is 6.01 Å². The van der Waals surface area contributed by atoms with Gasteiger partial charge < -0.3 is 13.6 Å². The summed E-state index contributed by atoms with van der Waals surface area (Å²) in [5.74, 6) is -0.384. The number of carbonyl (C=O) groups excluding carboxylic acids is 1. The SMILES string of the molecule is Cc1cn(C)c(=O)c2c1ncn2CC(=O)Nc1nc2ccc(Cl)cc2o1. The highest BCUT2D eigenvalue weighted by Crippen LogP contribution is 2.22. The van der Waals surface area contributed by atoms with Crippen LogP contribution >= 0.6 is 11.6 Å². The van der Waals surface area contributed by atoms with Gasteiger partial charge in [-0.2, -0.15) is 4.98 Å². The first kappa shape index (κ1) is 16.3. The van der Waals surface area contributed by atoms with Gasteiger partial charge in [-0.1, -0.05) is 11.6 Å². The Balaban J connectivity index is 1.62. The number of oxazole rings is 1. The largest absolute Gasteiger partial charge is 0.423 e. The van der Waals surface area contributed by atoms with Gasteiger partial charge in [0.2, 0.25) is 5.91 Å².